The summed E-state index contributed by atoms with van der Waals surface area (Å²) < 4.78 is 2.11. The molecule has 14 heavy (non-hydrogen) atoms. The Hall–Kier alpha value is -0.960. The number of imidazole rings is 1. The Morgan fingerprint density at radius 1 is 1.43 bits per heavy atom. The molecule has 0 atom stereocenters. The third-order valence-electron chi connectivity index (χ3n) is 2.57. The first-order chi connectivity index (χ1) is 6.72. The lowest BCUT2D eigenvalue weighted by Crippen LogP contribution is -1.90. The molecule has 0 radical (unpaired) electrons. The first-order valence-electron chi connectivity index (χ1n) is 4.75. The molecule has 3 heteroatoms. The van der Waals surface area contributed by atoms with Crippen LogP contribution in [0.15, 0.2) is 18.2 Å². The van der Waals surface area contributed by atoms with Crippen molar-refractivity contribution in [3.8, 4) is 0 Å². The molecule has 74 valence electrons. The summed E-state index contributed by atoms with van der Waals surface area (Å²) >= 11 is 4.23. The van der Waals surface area contributed by atoms with E-state index in [1.807, 2.05) is 14.0 Å². The molecule has 0 fully saturated rings. The highest BCUT2D eigenvalue weighted by Gasteiger charge is 2.03. The van der Waals surface area contributed by atoms with Gasteiger partial charge in [0.2, 0.25) is 0 Å². The molecule has 2 nitrogen and oxygen atoms in total. The van der Waals surface area contributed by atoms with Gasteiger partial charge in [0, 0.05) is 7.05 Å². The summed E-state index contributed by atoms with van der Waals surface area (Å²) in [5.74, 6) is 1.94. The van der Waals surface area contributed by atoms with E-state index < -0.39 is 0 Å². The van der Waals surface area contributed by atoms with Crippen molar-refractivity contribution in [2.45, 2.75) is 13.3 Å². The second-order valence-corrected chi connectivity index (χ2v) is 3.96. The van der Waals surface area contributed by atoms with Crippen LogP contribution >= 0.6 is 12.6 Å². The standard InChI is InChI=1S/C11H14N2S/c1-8-12-10-7-9(5-6-14)3-4-11(10)13(8)2/h3-4,7,14H,5-6H2,1-2H3. The predicted molar refractivity (Wildman–Crippen MR) is 63.0 cm³/mol. The van der Waals surface area contributed by atoms with E-state index in [4.69, 9.17) is 0 Å². The fourth-order valence-electron chi connectivity index (χ4n) is 1.65. The van der Waals surface area contributed by atoms with Gasteiger partial charge in [-0.05, 0) is 36.8 Å². The molecule has 0 amide bonds. The van der Waals surface area contributed by atoms with Crippen molar-refractivity contribution in [3.05, 3.63) is 29.6 Å². The summed E-state index contributed by atoms with van der Waals surface area (Å²) in [6.45, 7) is 2.03. The minimum Gasteiger partial charge on any atom is -0.331 e. The van der Waals surface area contributed by atoms with Gasteiger partial charge in [-0.2, -0.15) is 12.6 Å². The van der Waals surface area contributed by atoms with Gasteiger partial charge in [-0.15, -0.1) is 0 Å². The number of aromatic nitrogens is 2. The second kappa shape index (κ2) is 3.65. The van der Waals surface area contributed by atoms with Crippen LogP contribution in [0.1, 0.15) is 11.4 Å². The Morgan fingerprint density at radius 2 is 2.21 bits per heavy atom. The zero-order valence-electron chi connectivity index (χ0n) is 8.49. The van der Waals surface area contributed by atoms with Crippen molar-refractivity contribution in [1.29, 1.82) is 0 Å². The van der Waals surface area contributed by atoms with Crippen LogP contribution in [0.4, 0.5) is 0 Å². The molecule has 0 aliphatic rings. The van der Waals surface area contributed by atoms with Crippen LogP contribution in [0, 0.1) is 6.92 Å². The molecule has 1 heterocycles. The normalized spacial score (nSPS) is 11.1. The van der Waals surface area contributed by atoms with Crippen molar-refractivity contribution in [2.75, 3.05) is 5.75 Å². The number of hydrogen-bond donors (Lipinski definition) is 1. The molecule has 0 bridgehead atoms. The largest absolute Gasteiger partial charge is 0.331 e. The fourth-order valence-corrected chi connectivity index (χ4v) is 1.91. The number of rotatable bonds is 2. The quantitative estimate of drug-likeness (QED) is 0.747. The Labute approximate surface area is 89.4 Å². The maximum absolute atomic E-state index is 4.49. The van der Waals surface area contributed by atoms with E-state index in [9.17, 15) is 0 Å². The SMILES string of the molecule is Cc1nc2cc(CCS)ccc2n1C. The highest BCUT2D eigenvalue weighted by atomic mass is 32.1. The molecule has 2 aromatic rings. The van der Waals surface area contributed by atoms with Crippen molar-refractivity contribution >= 4 is 23.7 Å². The van der Waals surface area contributed by atoms with E-state index in [0.717, 1.165) is 23.5 Å². The summed E-state index contributed by atoms with van der Waals surface area (Å²) in [7, 11) is 2.04. The number of thiol groups is 1. The fraction of sp³-hybridized carbons (Fsp3) is 0.364. The predicted octanol–water partition coefficient (Wildman–Crippen LogP) is 2.35. The molecular formula is C11H14N2S. The van der Waals surface area contributed by atoms with E-state index in [1.54, 1.807) is 0 Å². The number of nitrogens with zero attached hydrogens (tertiary/aromatic N) is 2. The van der Waals surface area contributed by atoms with Gasteiger partial charge in [-0.1, -0.05) is 6.07 Å². The lowest BCUT2D eigenvalue weighted by molar-refractivity contribution is 0.886. The van der Waals surface area contributed by atoms with Crippen molar-refractivity contribution in [1.82, 2.24) is 9.55 Å². The van der Waals surface area contributed by atoms with E-state index >= 15 is 0 Å². The summed E-state index contributed by atoms with van der Waals surface area (Å²) in [4.78, 5) is 4.49. The van der Waals surface area contributed by atoms with E-state index in [-0.39, 0.29) is 0 Å². The summed E-state index contributed by atoms with van der Waals surface area (Å²) in [5.41, 5.74) is 3.60. The number of benzene rings is 1. The Balaban J connectivity index is 2.56. The molecule has 0 spiro atoms. The zero-order chi connectivity index (χ0) is 10.1. The smallest absolute Gasteiger partial charge is 0.106 e. The van der Waals surface area contributed by atoms with Gasteiger partial charge >= 0.3 is 0 Å². The Morgan fingerprint density at radius 3 is 2.93 bits per heavy atom. The van der Waals surface area contributed by atoms with Crippen LogP contribution in [0.25, 0.3) is 11.0 Å². The molecular weight excluding hydrogens is 192 g/mol. The zero-order valence-corrected chi connectivity index (χ0v) is 9.38. The first kappa shape index (κ1) is 9.59. The maximum atomic E-state index is 4.49. The first-order valence-corrected chi connectivity index (χ1v) is 5.38. The van der Waals surface area contributed by atoms with Gasteiger partial charge in [0.15, 0.2) is 0 Å². The van der Waals surface area contributed by atoms with Gasteiger partial charge in [-0.25, -0.2) is 4.98 Å². The Bertz CT molecular complexity index is 460. The molecule has 0 unspecified atom stereocenters. The molecule has 2 rings (SSSR count). The topological polar surface area (TPSA) is 17.8 Å². The summed E-state index contributed by atoms with van der Waals surface area (Å²) in [6, 6.07) is 6.44. The van der Waals surface area contributed by atoms with Gasteiger partial charge in [0.1, 0.15) is 5.82 Å². The monoisotopic (exact) mass is 206 g/mol. The summed E-state index contributed by atoms with van der Waals surface area (Å²) in [6.07, 6.45) is 1.01. The summed E-state index contributed by atoms with van der Waals surface area (Å²) in [5, 5.41) is 0. The number of fused-ring (bicyclic) bond motifs is 1. The van der Waals surface area contributed by atoms with Gasteiger partial charge in [-0.3, -0.25) is 0 Å². The minimum absolute atomic E-state index is 0.886. The second-order valence-electron chi connectivity index (χ2n) is 3.51. The van der Waals surface area contributed by atoms with E-state index in [2.05, 4.69) is 40.4 Å². The van der Waals surface area contributed by atoms with Crippen LogP contribution in [0.5, 0.6) is 0 Å². The molecule has 0 N–H and O–H groups in total. The average Bonchev–Trinajstić information content (AvgIpc) is 2.43. The van der Waals surface area contributed by atoms with Gasteiger partial charge < -0.3 is 4.57 Å². The van der Waals surface area contributed by atoms with Crippen LogP contribution < -0.4 is 0 Å². The lowest BCUT2D eigenvalue weighted by atomic mass is 10.1. The number of aryl methyl sites for hydroxylation is 3. The van der Waals surface area contributed by atoms with Crippen LogP contribution in [0.2, 0.25) is 0 Å². The van der Waals surface area contributed by atoms with Gasteiger partial charge in [0.05, 0.1) is 11.0 Å². The molecule has 0 aliphatic carbocycles. The average molecular weight is 206 g/mol. The highest BCUT2D eigenvalue weighted by molar-refractivity contribution is 7.80. The van der Waals surface area contributed by atoms with Crippen molar-refractivity contribution in [3.63, 3.8) is 0 Å². The van der Waals surface area contributed by atoms with Crippen LogP contribution in [0.3, 0.4) is 0 Å². The molecule has 0 aliphatic heterocycles. The van der Waals surface area contributed by atoms with E-state index in [1.165, 1.54) is 11.1 Å². The van der Waals surface area contributed by atoms with Crippen molar-refractivity contribution < 1.29 is 0 Å². The minimum atomic E-state index is 0.886. The molecule has 1 aromatic heterocycles. The van der Waals surface area contributed by atoms with Crippen LogP contribution in [-0.4, -0.2) is 15.3 Å². The third-order valence-corrected chi connectivity index (χ3v) is 2.79. The van der Waals surface area contributed by atoms with E-state index in [0.29, 0.717) is 0 Å². The molecule has 0 saturated carbocycles. The van der Waals surface area contributed by atoms with Crippen molar-refractivity contribution in [2.24, 2.45) is 7.05 Å². The molecule has 1 aromatic carbocycles. The molecule has 0 saturated heterocycles. The van der Waals surface area contributed by atoms with Gasteiger partial charge in [0.25, 0.3) is 0 Å². The Kier molecular flexibility index (Phi) is 2.50. The number of hydrogen-bond acceptors (Lipinski definition) is 2. The highest BCUT2D eigenvalue weighted by Crippen LogP contribution is 2.16. The third kappa shape index (κ3) is 1.52. The lowest BCUT2D eigenvalue weighted by Gasteiger charge is -1.99. The van der Waals surface area contributed by atoms with Crippen LogP contribution in [-0.2, 0) is 13.5 Å². The maximum Gasteiger partial charge on any atom is 0.106 e.